The average Bonchev–Trinajstić information content (AvgIpc) is 2.35. The molecule has 0 atom stereocenters. The fourth-order valence-electron chi connectivity index (χ4n) is 2.51. The quantitative estimate of drug-likeness (QED) is 0.814. The molecule has 20 heavy (non-hydrogen) atoms. The van der Waals surface area contributed by atoms with Gasteiger partial charge in [0.25, 0.3) is 14.6 Å². The van der Waals surface area contributed by atoms with Gasteiger partial charge in [0.2, 0.25) is 0 Å². The van der Waals surface area contributed by atoms with E-state index in [9.17, 15) is 13.2 Å². The summed E-state index contributed by atoms with van der Waals surface area (Å²) in [6.45, 7) is 1.72. The second kappa shape index (κ2) is 4.43. The summed E-state index contributed by atoms with van der Waals surface area (Å²) in [5.41, 5.74) is 2.42. The summed E-state index contributed by atoms with van der Waals surface area (Å²) in [5.74, 6) is 0.554. The maximum atomic E-state index is 12.1. The lowest BCUT2D eigenvalue weighted by Gasteiger charge is -2.18. The zero-order valence-corrected chi connectivity index (χ0v) is 12.2. The van der Waals surface area contributed by atoms with Gasteiger partial charge in [0.15, 0.2) is 0 Å². The van der Waals surface area contributed by atoms with E-state index in [2.05, 4.69) is 9.97 Å². The average molecular weight is 311 g/mol. The summed E-state index contributed by atoms with van der Waals surface area (Å²) in [4.78, 5) is 19.1. The standard InChI is InChI=1S/C13H11ClN2O3S/c1-7-15-11-5-3-8-2-4-9(20(14,18)19)6-10(8)12(11)13(17)16-7/h2,4,6H,3,5H2,1H3,(H,15,16,17). The monoisotopic (exact) mass is 310 g/mol. The van der Waals surface area contributed by atoms with Crippen LogP contribution in [0, 0.1) is 6.92 Å². The predicted octanol–water partition coefficient (Wildman–Crippen LogP) is 1.77. The van der Waals surface area contributed by atoms with Gasteiger partial charge in [-0.15, -0.1) is 0 Å². The number of halogens is 1. The van der Waals surface area contributed by atoms with E-state index in [1.165, 1.54) is 12.1 Å². The Morgan fingerprint density at radius 3 is 2.75 bits per heavy atom. The molecule has 0 fully saturated rings. The first-order chi connectivity index (χ1) is 9.36. The highest BCUT2D eigenvalue weighted by Gasteiger charge is 2.23. The predicted molar refractivity (Wildman–Crippen MR) is 75.5 cm³/mol. The number of fused-ring (bicyclic) bond motifs is 3. The van der Waals surface area contributed by atoms with E-state index in [0.717, 1.165) is 12.0 Å². The summed E-state index contributed by atoms with van der Waals surface area (Å²) in [5, 5.41) is 0. The van der Waals surface area contributed by atoms with Crippen LogP contribution in [0.4, 0.5) is 0 Å². The number of benzene rings is 1. The lowest BCUT2D eigenvalue weighted by Crippen LogP contribution is -2.20. The van der Waals surface area contributed by atoms with Crippen molar-refractivity contribution < 1.29 is 8.42 Å². The van der Waals surface area contributed by atoms with Crippen molar-refractivity contribution in [2.75, 3.05) is 0 Å². The largest absolute Gasteiger partial charge is 0.310 e. The number of aryl methyl sites for hydroxylation is 3. The Labute approximate surface area is 120 Å². The van der Waals surface area contributed by atoms with Crippen LogP contribution in [0.5, 0.6) is 0 Å². The molecule has 1 aliphatic carbocycles. The van der Waals surface area contributed by atoms with Crippen molar-refractivity contribution in [3.05, 3.63) is 45.6 Å². The molecule has 7 heteroatoms. The third kappa shape index (κ3) is 2.14. The van der Waals surface area contributed by atoms with Crippen molar-refractivity contribution in [2.24, 2.45) is 0 Å². The normalized spacial score (nSPS) is 13.7. The molecule has 1 heterocycles. The Kier molecular flexibility index (Phi) is 2.95. The lowest BCUT2D eigenvalue weighted by atomic mass is 9.89. The Morgan fingerprint density at radius 2 is 2.05 bits per heavy atom. The van der Waals surface area contributed by atoms with E-state index >= 15 is 0 Å². The van der Waals surface area contributed by atoms with Crippen molar-refractivity contribution in [3.8, 4) is 11.1 Å². The van der Waals surface area contributed by atoms with Gasteiger partial charge in [-0.25, -0.2) is 13.4 Å². The number of hydrogen-bond acceptors (Lipinski definition) is 4. The molecule has 1 N–H and O–H groups in total. The number of hydrogen-bond donors (Lipinski definition) is 1. The number of H-pyrrole nitrogens is 1. The molecule has 0 saturated carbocycles. The highest BCUT2D eigenvalue weighted by atomic mass is 35.7. The third-order valence-corrected chi connectivity index (χ3v) is 4.73. The molecule has 0 saturated heterocycles. The van der Waals surface area contributed by atoms with Crippen molar-refractivity contribution in [1.82, 2.24) is 9.97 Å². The number of nitrogens with zero attached hydrogens (tertiary/aromatic N) is 1. The van der Waals surface area contributed by atoms with Crippen LogP contribution in [-0.2, 0) is 21.9 Å². The topological polar surface area (TPSA) is 79.9 Å². The van der Waals surface area contributed by atoms with Gasteiger partial charge in [-0.1, -0.05) is 6.07 Å². The van der Waals surface area contributed by atoms with E-state index in [1.54, 1.807) is 13.0 Å². The first-order valence-electron chi connectivity index (χ1n) is 6.04. The van der Waals surface area contributed by atoms with Crippen LogP contribution < -0.4 is 5.56 Å². The van der Waals surface area contributed by atoms with Crippen LogP contribution in [0.25, 0.3) is 11.1 Å². The van der Waals surface area contributed by atoms with Crippen LogP contribution in [0.15, 0.2) is 27.9 Å². The van der Waals surface area contributed by atoms with E-state index in [1.807, 2.05) is 0 Å². The molecule has 0 radical (unpaired) electrons. The van der Waals surface area contributed by atoms with E-state index < -0.39 is 9.05 Å². The van der Waals surface area contributed by atoms with Gasteiger partial charge in [0, 0.05) is 10.7 Å². The summed E-state index contributed by atoms with van der Waals surface area (Å²) < 4.78 is 22.9. The molecule has 1 aliphatic rings. The van der Waals surface area contributed by atoms with Gasteiger partial charge in [-0.3, -0.25) is 4.79 Å². The number of nitrogens with one attached hydrogen (secondary N) is 1. The van der Waals surface area contributed by atoms with Crippen LogP contribution >= 0.6 is 10.7 Å². The van der Waals surface area contributed by atoms with E-state index in [0.29, 0.717) is 29.1 Å². The first kappa shape index (κ1) is 13.3. The van der Waals surface area contributed by atoms with E-state index in [-0.39, 0.29) is 10.5 Å². The molecule has 0 unspecified atom stereocenters. The summed E-state index contributed by atoms with van der Waals surface area (Å²) in [6.07, 6.45) is 1.39. The summed E-state index contributed by atoms with van der Waals surface area (Å²) >= 11 is 0. The molecule has 0 bridgehead atoms. The molecule has 5 nitrogen and oxygen atoms in total. The van der Waals surface area contributed by atoms with Crippen molar-refractivity contribution >= 4 is 19.7 Å². The molecule has 3 rings (SSSR count). The fraction of sp³-hybridized carbons (Fsp3) is 0.231. The van der Waals surface area contributed by atoms with Gasteiger partial charge in [-0.2, -0.15) is 0 Å². The smallest absolute Gasteiger partial charge is 0.261 e. The molecule has 1 aromatic carbocycles. The Morgan fingerprint density at radius 1 is 1.30 bits per heavy atom. The van der Waals surface area contributed by atoms with Crippen LogP contribution in [-0.4, -0.2) is 18.4 Å². The van der Waals surface area contributed by atoms with Crippen molar-refractivity contribution in [1.29, 1.82) is 0 Å². The van der Waals surface area contributed by atoms with Crippen molar-refractivity contribution in [2.45, 2.75) is 24.7 Å². The first-order valence-corrected chi connectivity index (χ1v) is 8.35. The second-order valence-corrected chi connectivity index (χ2v) is 7.30. The zero-order valence-electron chi connectivity index (χ0n) is 10.6. The minimum Gasteiger partial charge on any atom is -0.310 e. The lowest BCUT2D eigenvalue weighted by molar-refractivity contribution is 0.609. The van der Waals surface area contributed by atoms with Crippen LogP contribution in [0.2, 0.25) is 0 Å². The van der Waals surface area contributed by atoms with Gasteiger partial charge < -0.3 is 4.98 Å². The Bertz CT molecular complexity index is 872. The number of aromatic nitrogens is 2. The summed E-state index contributed by atoms with van der Waals surface area (Å²) in [6, 6.07) is 4.61. The Hall–Kier alpha value is -1.66. The second-order valence-electron chi connectivity index (χ2n) is 4.73. The highest BCUT2D eigenvalue weighted by molar-refractivity contribution is 8.13. The van der Waals surface area contributed by atoms with Gasteiger partial charge in [-0.05, 0) is 43.0 Å². The van der Waals surface area contributed by atoms with Gasteiger partial charge in [0.1, 0.15) is 5.82 Å². The number of rotatable bonds is 1. The summed E-state index contributed by atoms with van der Waals surface area (Å²) in [7, 11) is 1.54. The maximum Gasteiger partial charge on any atom is 0.261 e. The molecular formula is C13H11ClN2O3S. The fourth-order valence-corrected chi connectivity index (χ4v) is 3.29. The highest BCUT2D eigenvalue weighted by Crippen LogP contribution is 2.32. The molecule has 2 aromatic rings. The molecule has 0 spiro atoms. The van der Waals surface area contributed by atoms with Crippen molar-refractivity contribution in [3.63, 3.8) is 0 Å². The SMILES string of the molecule is Cc1nc2c(c(=O)[nH]1)-c1cc(S(=O)(=O)Cl)ccc1CC2. The molecule has 1 aromatic heterocycles. The molecule has 0 amide bonds. The Balaban J connectivity index is 2.33. The molecule has 104 valence electrons. The zero-order chi connectivity index (χ0) is 14.5. The molecular weight excluding hydrogens is 300 g/mol. The third-order valence-electron chi connectivity index (χ3n) is 3.38. The minimum absolute atomic E-state index is 0.00857. The number of aromatic amines is 1. The van der Waals surface area contributed by atoms with Crippen LogP contribution in [0.3, 0.4) is 0 Å². The van der Waals surface area contributed by atoms with Crippen LogP contribution in [0.1, 0.15) is 17.1 Å². The van der Waals surface area contributed by atoms with Gasteiger partial charge >= 0.3 is 0 Å². The van der Waals surface area contributed by atoms with E-state index in [4.69, 9.17) is 10.7 Å². The molecule has 0 aliphatic heterocycles. The maximum absolute atomic E-state index is 12.1. The van der Waals surface area contributed by atoms with Gasteiger partial charge in [0.05, 0.1) is 16.2 Å². The minimum atomic E-state index is -3.82.